The average Bonchev–Trinajstić information content (AvgIpc) is 2.71. The van der Waals surface area contributed by atoms with Crippen molar-refractivity contribution >= 4 is 13.3 Å². The second-order valence-electron chi connectivity index (χ2n) is 6.52. The number of ether oxygens (including phenoxy) is 2. The van der Waals surface area contributed by atoms with E-state index in [9.17, 15) is 5.11 Å². The van der Waals surface area contributed by atoms with Crippen LogP contribution in [0.4, 0.5) is 0 Å². The zero-order valence-electron chi connectivity index (χ0n) is 12.0. The smallest absolute Gasteiger partial charge is 0.231 e. The third-order valence-corrected chi connectivity index (χ3v) is 5.79. The van der Waals surface area contributed by atoms with Crippen LogP contribution in [0.15, 0.2) is 6.07 Å². The van der Waals surface area contributed by atoms with Crippen molar-refractivity contribution in [1.82, 2.24) is 4.90 Å². The van der Waals surface area contributed by atoms with E-state index in [1.807, 2.05) is 13.1 Å². The number of fused-ring (bicyclic) bond motifs is 2. The highest BCUT2D eigenvalue weighted by Gasteiger charge is 2.36. The fourth-order valence-electron chi connectivity index (χ4n) is 3.11. The number of hydrogen-bond donors (Lipinski definition) is 1. The van der Waals surface area contributed by atoms with Gasteiger partial charge in [0, 0.05) is 13.1 Å². The van der Waals surface area contributed by atoms with Gasteiger partial charge in [-0.25, -0.2) is 0 Å². The molecule has 1 aromatic rings. The predicted octanol–water partition coefficient (Wildman–Crippen LogP) is 1.44. The number of β-amino-alcohol motifs (C(OH)–C–C–N with tert-alkyl or cyclic N) is 1. The Bertz CT molecular complexity index is 524. The Hall–Kier alpha value is -1.04. The SMILES string of the molecule is CN1Cc2cc3c(c([Si](C)(C)C)c2[C@H](O)C1)OCO3. The van der Waals surface area contributed by atoms with E-state index in [1.54, 1.807) is 0 Å². The normalized spacial score (nSPS) is 22.5. The Morgan fingerprint density at radius 2 is 2.05 bits per heavy atom. The van der Waals surface area contributed by atoms with Gasteiger partial charge in [0.1, 0.15) is 0 Å². The first kappa shape index (κ1) is 13.0. The van der Waals surface area contributed by atoms with E-state index in [0.29, 0.717) is 13.3 Å². The molecule has 0 spiro atoms. The van der Waals surface area contributed by atoms with E-state index in [4.69, 9.17) is 9.47 Å². The predicted molar refractivity (Wildman–Crippen MR) is 76.8 cm³/mol. The fourth-order valence-corrected chi connectivity index (χ4v) is 5.12. The van der Waals surface area contributed by atoms with Crippen LogP contribution in [-0.4, -0.2) is 38.5 Å². The largest absolute Gasteiger partial charge is 0.454 e. The summed E-state index contributed by atoms with van der Waals surface area (Å²) in [5.41, 5.74) is 2.28. The van der Waals surface area contributed by atoms with Gasteiger partial charge in [0.05, 0.1) is 14.2 Å². The second kappa shape index (κ2) is 4.23. The zero-order valence-corrected chi connectivity index (χ0v) is 13.0. The van der Waals surface area contributed by atoms with Crippen LogP contribution in [0.2, 0.25) is 19.6 Å². The molecule has 2 aliphatic heterocycles. The lowest BCUT2D eigenvalue weighted by Gasteiger charge is -2.34. The molecule has 2 aliphatic rings. The molecular weight excluding hydrogens is 258 g/mol. The number of likely N-dealkylation sites (N-methyl/N-ethyl adjacent to an activating group) is 1. The Morgan fingerprint density at radius 1 is 1.32 bits per heavy atom. The molecule has 0 saturated carbocycles. The van der Waals surface area contributed by atoms with Gasteiger partial charge >= 0.3 is 0 Å². The van der Waals surface area contributed by atoms with Gasteiger partial charge in [-0.05, 0) is 29.4 Å². The first-order chi connectivity index (χ1) is 8.88. The van der Waals surface area contributed by atoms with Crippen molar-refractivity contribution in [3.05, 3.63) is 17.2 Å². The topological polar surface area (TPSA) is 41.9 Å². The van der Waals surface area contributed by atoms with Crippen molar-refractivity contribution in [2.75, 3.05) is 20.4 Å². The molecule has 0 unspecified atom stereocenters. The Kier molecular flexibility index (Phi) is 2.88. The number of nitrogens with zero attached hydrogens (tertiary/aromatic N) is 1. The molecule has 3 rings (SSSR count). The molecule has 0 aliphatic carbocycles. The summed E-state index contributed by atoms with van der Waals surface area (Å²) in [4.78, 5) is 2.14. The summed E-state index contributed by atoms with van der Waals surface area (Å²) >= 11 is 0. The quantitative estimate of drug-likeness (QED) is 0.790. The van der Waals surface area contributed by atoms with E-state index in [0.717, 1.165) is 23.6 Å². The first-order valence-electron chi connectivity index (χ1n) is 6.70. The number of benzene rings is 1. The van der Waals surface area contributed by atoms with Crippen molar-refractivity contribution in [3.63, 3.8) is 0 Å². The maximum atomic E-state index is 10.5. The molecule has 1 atom stereocenters. The molecule has 1 N–H and O–H groups in total. The molecule has 0 radical (unpaired) electrons. The lowest BCUT2D eigenvalue weighted by Crippen LogP contribution is -2.45. The summed E-state index contributed by atoms with van der Waals surface area (Å²) < 4.78 is 11.3. The van der Waals surface area contributed by atoms with Crippen molar-refractivity contribution in [3.8, 4) is 11.5 Å². The molecule has 2 heterocycles. The van der Waals surface area contributed by atoms with Crippen LogP contribution in [0, 0.1) is 0 Å². The first-order valence-corrected chi connectivity index (χ1v) is 10.2. The van der Waals surface area contributed by atoms with Crippen LogP contribution in [0.3, 0.4) is 0 Å². The van der Waals surface area contributed by atoms with Gasteiger partial charge in [0.25, 0.3) is 0 Å². The van der Waals surface area contributed by atoms with Crippen LogP contribution in [0.5, 0.6) is 11.5 Å². The Labute approximate surface area is 115 Å². The molecule has 0 bridgehead atoms. The highest BCUT2D eigenvalue weighted by atomic mass is 28.3. The van der Waals surface area contributed by atoms with Crippen LogP contribution >= 0.6 is 0 Å². The Balaban J connectivity index is 2.27. The summed E-state index contributed by atoms with van der Waals surface area (Å²) in [6, 6.07) is 2.04. The molecule has 0 fully saturated rings. The Morgan fingerprint density at radius 3 is 2.74 bits per heavy atom. The number of aliphatic hydroxyl groups is 1. The van der Waals surface area contributed by atoms with Gasteiger partial charge in [-0.3, -0.25) is 4.90 Å². The molecule has 1 aromatic carbocycles. The average molecular weight is 279 g/mol. The van der Waals surface area contributed by atoms with Gasteiger partial charge in [0.2, 0.25) is 6.79 Å². The molecule has 4 nitrogen and oxygen atoms in total. The van der Waals surface area contributed by atoms with Crippen LogP contribution in [-0.2, 0) is 6.54 Å². The van der Waals surface area contributed by atoms with Crippen LogP contribution < -0.4 is 14.7 Å². The second-order valence-corrected chi connectivity index (χ2v) is 11.5. The summed E-state index contributed by atoms with van der Waals surface area (Å²) in [5, 5.41) is 11.7. The lowest BCUT2D eigenvalue weighted by molar-refractivity contribution is 0.108. The minimum atomic E-state index is -1.62. The van der Waals surface area contributed by atoms with Gasteiger partial charge in [-0.15, -0.1) is 0 Å². The van der Waals surface area contributed by atoms with E-state index in [2.05, 4.69) is 24.5 Å². The monoisotopic (exact) mass is 279 g/mol. The van der Waals surface area contributed by atoms with E-state index in [1.165, 1.54) is 10.8 Å². The summed E-state index contributed by atoms with van der Waals surface area (Å²) in [6.07, 6.45) is -0.426. The van der Waals surface area contributed by atoms with E-state index >= 15 is 0 Å². The van der Waals surface area contributed by atoms with Crippen LogP contribution in [0.25, 0.3) is 0 Å². The van der Waals surface area contributed by atoms with E-state index < -0.39 is 14.2 Å². The molecule has 5 heteroatoms. The standard InChI is InChI=1S/C14H21NO3Si/c1-15-6-9-5-11-13(18-8-17-11)14(19(2,3)4)12(9)10(16)7-15/h5,10,16H,6-8H2,1-4H3/t10-/m1/s1. The minimum absolute atomic E-state index is 0.293. The molecule has 0 aromatic heterocycles. The molecular formula is C14H21NO3Si. The minimum Gasteiger partial charge on any atom is -0.454 e. The third-order valence-electron chi connectivity index (χ3n) is 3.80. The zero-order chi connectivity index (χ0) is 13.8. The summed E-state index contributed by atoms with van der Waals surface area (Å²) in [7, 11) is 0.416. The molecule has 0 saturated heterocycles. The van der Waals surface area contributed by atoms with Crippen molar-refractivity contribution in [2.45, 2.75) is 32.3 Å². The summed E-state index contributed by atoms with van der Waals surface area (Å²) in [5.74, 6) is 1.72. The highest BCUT2D eigenvalue weighted by molar-refractivity contribution is 6.89. The molecule has 19 heavy (non-hydrogen) atoms. The highest BCUT2D eigenvalue weighted by Crippen LogP contribution is 2.39. The summed E-state index contributed by atoms with van der Waals surface area (Å²) in [6.45, 7) is 8.70. The number of rotatable bonds is 1. The van der Waals surface area contributed by atoms with Crippen molar-refractivity contribution < 1.29 is 14.6 Å². The number of aliphatic hydroxyl groups excluding tert-OH is 1. The maximum Gasteiger partial charge on any atom is 0.231 e. The van der Waals surface area contributed by atoms with E-state index in [-0.39, 0.29) is 0 Å². The third kappa shape index (κ3) is 2.06. The van der Waals surface area contributed by atoms with Crippen LogP contribution in [0.1, 0.15) is 17.2 Å². The van der Waals surface area contributed by atoms with Crippen molar-refractivity contribution in [1.29, 1.82) is 0 Å². The fraction of sp³-hybridized carbons (Fsp3) is 0.571. The van der Waals surface area contributed by atoms with Gasteiger partial charge in [-0.2, -0.15) is 0 Å². The maximum absolute atomic E-state index is 10.5. The van der Waals surface area contributed by atoms with Gasteiger partial charge < -0.3 is 14.6 Å². The number of hydrogen-bond acceptors (Lipinski definition) is 4. The molecule has 0 amide bonds. The van der Waals surface area contributed by atoms with Gasteiger partial charge in [0.15, 0.2) is 11.5 Å². The lowest BCUT2D eigenvalue weighted by atomic mass is 9.96. The van der Waals surface area contributed by atoms with Crippen molar-refractivity contribution in [2.24, 2.45) is 0 Å². The van der Waals surface area contributed by atoms with Gasteiger partial charge in [-0.1, -0.05) is 19.6 Å². The molecule has 104 valence electrons.